The van der Waals surface area contributed by atoms with E-state index in [4.69, 9.17) is 5.73 Å². The van der Waals surface area contributed by atoms with Crippen LogP contribution in [-0.4, -0.2) is 25.3 Å². The summed E-state index contributed by atoms with van der Waals surface area (Å²) in [5, 5.41) is 2.61. The maximum atomic E-state index is 10.2. The van der Waals surface area contributed by atoms with Crippen LogP contribution in [-0.2, 0) is 9.59 Å². The number of carbonyl (C=O) groups excluding carboxylic acids is 2. The molecule has 0 radical (unpaired) electrons. The van der Waals surface area contributed by atoms with Gasteiger partial charge in [-0.1, -0.05) is 0 Å². The van der Waals surface area contributed by atoms with Crippen LogP contribution in [0.1, 0.15) is 6.42 Å². The van der Waals surface area contributed by atoms with E-state index in [0.717, 1.165) is 0 Å². The Morgan fingerprint density at radius 2 is 2.44 bits per heavy atom. The Hall–Kier alpha value is -0.900. The molecule has 0 aromatic rings. The number of amides is 1. The summed E-state index contributed by atoms with van der Waals surface area (Å²) < 4.78 is 0. The lowest BCUT2D eigenvalue weighted by atomic mass is 10.2. The van der Waals surface area contributed by atoms with Crippen LogP contribution in [0.15, 0.2) is 0 Å². The lowest BCUT2D eigenvalue weighted by Gasteiger charge is -2.03. The predicted octanol–water partition coefficient (Wildman–Crippen LogP) is -1.35. The minimum absolute atomic E-state index is 0.0694. The molecule has 52 valence electrons. The van der Waals surface area contributed by atoms with Crippen molar-refractivity contribution in [2.75, 3.05) is 7.05 Å². The molecule has 4 nitrogen and oxygen atoms in total. The van der Waals surface area contributed by atoms with E-state index in [1.165, 1.54) is 0 Å². The van der Waals surface area contributed by atoms with Crippen LogP contribution in [0.5, 0.6) is 0 Å². The van der Waals surface area contributed by atoms with Crippen molar-refractivity contribution in [3.05, 3.63) is 0 Å². The molecular formula is C5H10N2O2. The minimum Gasteiger partial charge on any atom is -0.370 e. The monoisotopic (exact) mass is 130 g/mol. The van der Waals surface area contributed by atoms with Crippen molar-refractivity contribution in [1.82, 2.24) is 5.32 Å². The minimum atomic E-state index is -0.471. The third kappa shape index (κ3) is 3.66. The molecule has 0 aliphatic rings. The molecule has 0 bridgehead atoms. The van der Waals surface area contributed by atoms with Crippen molar-refractivity contribution in [2.24, 2.45) is 5.73 Å². The van der Waals surface area contributed by atoms with E-state index < -0.39 is 11.9 Å². The van der Waals surface area contributed by atoms with E-state index in [2.05, 4.69) is 5.32 Å². The second kappa shape index (κ2) is 4.03. The van der Waals surface area contributed by atoms with Crippen molar-refractivity contribution < 1.29 is 9.59 Å². The fourth-order valence-corrected chi connectivity index (χ4v) is 0.435. The molecule has 1 atom stereocenters. The molecule has 9 heavy (non-hydrogen) atoms. The molecule has 3 N–H and O–H groups in total. The van der Waals surface area contributed by atoms with E-state index in [0.29, 0.717) is 6.29 Å². The number of primary amides is 1. The van der Waals surface area contributed by atoms with E-state index in [1.54, 1.807) is 7.05 Å². The number of likely N-dealkylation sites (N-methyl/N-ethyl adjacent to an activating group) is 1. The molecule has 0 unspecified atom stereocenters. The summed E-state index contributed by atoms with van der Waals surface area (Å²) in [4.78, 5) is 20.2. The zero-order chi connectivity index (χ0) is 7.28. The Kier molecular flexibility index (Phi) is 3.62. The first kappa shape index (κ1) is 8.10. The molecule has 1 amide bonds. The van der Waals surface area contributed by atoms with Gasteiger partial charge in [0.2, 0.25) is 5.91 Å². The average molecular weight is 130 g/mol. The lowest BCUT2D eigenvalue weighted by Crippen LogP contribution is -2.31. The molecule has 0 fully saturated rings. The molecule has 0 rings (SSSR count). The van der Waals surface area contributed by atoms with Gasteiger partial charge in [0.15, 0.2) is 0 Å². The Morgan fingerprint density at radius 3 is 2.56 bits per heavy atom. The van der Waals surface area contributed by atoms with Crippen LogP contribution in [0, 0.1) is 0 Å². The van der Waals surface area contributed by atoms with E-state index >= 15 is 0 Å². The highest BCUT2D eigenvalue weighted by atomic mass is 16.1. The summed E-state index contributed by atoms with van der Waals surface area (Å²) in [5.74, 6) is -0.471. The summed E-state index contributed by atoms with van der Waals surface area (Å²) in [6, 6.07) is -0.428. The molecular weight excluding hydrogens is 120 g/mol. The molecule has 0 aromatic carbocycles. The van der Waals surface area contributed by atoms with Gasteiger partial charge in [-0.15, -0.1) is 0 Å². The summed E-state index contributed by atoms with van der Waals surface area (Å²) in [6.45, 7) is 0. The summed E-state index contributed by atoms with van der Waals surface area (Å²) >= 11 is 0. The summed E-state index contributed by atoms with van der Waals surface area (Å²) in [6.07, 6.45) is 0.727. The first-order valence-corrected chi connectivity index (χ1v) is 2.61. The largest absolute Gasteiger partial charge is 0.370 e. The van der Waals surface area contributed by atoms with Crippen LogP contribution >= 0.6 is 0 Å². The number of hydrogen-bond donors (Lipinski definition) is 2. The fraction of sp³-hybridized carbons (Fsp3) is 0.600. The van der Waals surface area contributed by atoms with Gasteiger partial charge in [-0.05, 0) is 7.05 Å². The molecule has 0 aliphatic heterocycles. The Bertz CT molecular complexity index is 114. The molecule has 0 aliphatic carbocycles. The Morgan fingerprint density at radius 1 is 1.89 bits per heavy atom. The number of carbonyl (C=O) groups is 2. The van der Waals surface area contributed by atoms with Crippen LogP contribution in [0.3, 0.4) is 0 Å². The number of nitrogens with two attached hydrogens (primary N) is 1. The van der Waals surface area contributed by atoms with Gasteiger partial charge in [0.05, 0.1) is 6.04 Å². The second-order valence-corrected chi connectivity index (χ2v) is 1.70. The van der Waals surface area contributed by atoms with Crippen molar-refractivity contribution in [1.29, 1.82) is 0 Å². The molecule has 0 saturated heterocycles. The van der Waals surface area contributed by atoms with Crippen LogP contribution < -0.4 is 11.1 Å². The highest BCUT2D eigenvalue weighted by Crippen LogP contribution is 1.82. The lowest BCUT2D eigenvalue weighted by molar-refractivity contribution is -0.120. The topological polar surface area (TPSA) is 72.2 Å². The summed E-state index contributed by atoms with van der Waals surface area (Å²) in [5.41, 5.74) is 4.81. The van der Waals surface area contributed by atoms with Crippen molar-refractivity contribution in [3.8, 4) is 0 Å². The van der Waals surface area contributed by atoms with E-state index in [1.807, 2.05) is 0 Å². The van der Waals surface area contributed by atoms with Crippen LogP contribution in [0.4, 0.5) is 0 Å². The quantitative estimate of drug-likeness (QED) is 0.462. The first-order chi connectivity index (χ1) is 4.20. The highest BCUT2D eigenvalue weighted by molar-refractivity contribution is 5.78. The average Bonchev–Trinajstić information content (AvgIpc) is 1.82. The SMILES string of the molecule is CN[C@@H](C=O)CC(N)=O. The Balaban J connectivity index is 3.55. The second-order valence-electron chi connectivity index (χ2n) is 1.70. The summed E-state index contributed by atoms with van der Waals surface area (Å²) in [7, 11) is 1.60. The maximum absolute atomic E-state index is 10.2. The third-order valence-electron chi connectivity index (χ3n) is 0.956. The zero-order valence-electron chi connectivity index (χ0n) is 5.26. The molecule has 4 heteroatoms. The van der Waals surface area contributed by atoms with Crippen molar-refractivity contribution >= 4 is 12.2 Å². The standard InChI is InChI=1S/C5H10N2O2/c1-7-4(3-8)2-5(6)9/h3-4,7H,2H2,1H3,(H2,6,9)/t4-/m1/s1. The van der Waals surface area contributed by atoms with Crippen molar-refractivity contribution in [3.63, 3.8) is 0 Å². The van der Waals surface area contributed by atoms with Gasteiger partial charge in [0.25, 0.3) is 0 Å². The molecule has 0 saturated carbocycles. The number of aldehydes is 1. The van der Waals surface area contributed by atoms with E-state index in [9.17, 15) is 9.59 Å². The number of rotatable bonds is 4. The third-order valence-corrected chi connectivity index (χ3v) is 0.956. The number of nitrogens with one attached hydrogen (secondary N) is 1. The molecule has 0 spiro atoms. The zero-order valence-corrected chi connectivity index (χ0v) is 5.26. The fourth-order valence-electron chi connectivity index (χ4n) is 0.435. The van der Waals surface area contributed by atoms with Gasteiger partial charge in [-0.2, -0.15) is 0 Å². The highest BCUT2D eigenvalue weighted by Gasteiger charge is 2.05. The van der Waals surface area contributed by atoms with Gasteiger partial charge < -0.3 is 15.8 Å². The van der Waals surface area contributed by atoms with Gasteiger partial charge in [0, 0.05) is 6.42 Å². The smallest absolute Gasteiger partial charge is 0.219 e. The van der Waals surface area contributed by atoms with Gasteiger partial charge in [0.1, 0.15) is 6.29 Å². The van der Waals surface area contributed by atoms with E-state index in [-0.39, 0.29) is 6.42 Å². The maximum Gasteiger partial charge on any atom is 0.219 e. The number of hydrogen-bond acceptors (Lipinski definition) is 3. The molecule has 0 heterocycles. The Labute approximate surface area is 53.4 Å². The molecule has 0 aromatic heterocycles. The van der Waals surface area contributed by atoms with Crippen molar-refractivity contribution in [2.45, 2.75) is 12.5 Å². The van der Waals surface area contributed by atoms with Gasteiger partial charge in [-0.25, -0.2) is 0 Å². The van der Waals surface area contributed by atoms with Gasteiger partial charge >= 0.3 is 0 Å². The van der Waals surface area contributed by atoms with Crippen LogP contribution in [0.25, 0.3) is 0 Å². The van der Waals surface area contributed by atoms with Gasteiger partial charge in [-0.3, -0.25) is 4.79 Å². The predicted molar refractivity (Wildman–Crippen MR) is 32.7 cm³/mol. The normalized spacial score (nSPS) is 12.6. The first-order valence-electron chi connectivity index (χ1n) is 2.61. The van der Waals surface area contributed by atoms with Crippen LogP contribution in [0.2, 0.25) is 0 Å².